The molecule has 3 aromatic rings. The Morgan fingerprint density at radius 3 is 2.47 bits per heavy atom. The number of halogens is 2. The molecule has 32 heavy (non-hydrogen) atoms. The topological polar surface area (TPSA) is 60.1 Å². The largest absolute Gasteiger partial charge is 0.346 e. The van der Waals surface area contributed by atoms with Crippen LogP contribution in [0.3, 0.4) is 0 Å². The van der Waals surface area contributed by atoms with Crippen molar-refractivity contribution in [3.63, 3.8) is 0 Å². The first kappa shape index (κ1) is 22.8. The number of hydrogen-bond acceptors (Lipinski definition) is 4. The van der Waals surface area contributed by atoms with Gasteiger partial charge in [0.25, 0.3) is 0 Å². The molecule has 0 bridgehead atoms. The summed E-state index contributed by atoms with van der Waals surface area (Å²) in [7, 11) is 0. The van der Waals surface area contributed by atoms with Crippen molar-refractivity contribution >= 4 is 29.0 Å². The molecule has 0 aliphatic carbocycles. The van der Waals surface area contributed by atoms with Crippen LogP contribution in [0.1, 0.15) is 47.4 Å². The van der Waals surface area contributed by atoms with Crippen molar-refractivity contribution in [1.82, 2.24) is 19.2 Å². The molecule has 0 N–H and O–H groups in total. The fourth-order valence-corrected chi connectivity index (χ4v) is 4.78. The number of aromatic nitrogens is 3. The van der Waals surface area contributed by atoms with Gasteiger partial charge < -0.3 is 0 Å². The molecule has 0 atom stereocenters. The number of likely N-dealkylation sites (tertiary alicyclic amines) is 1. The van der Waals surface area contributed by atoms with Gasteiger partial charge in [-0.25, -0.2) is 9.48 Å². The van der Waals surface area contributed by atoms with Crippen molar-refractivity contribution in [3.8, 4) is 0 Å². The summed E-state index contributed by atoms with van der Waals surface area (Å²) < 4.78 is 3.34. The third kappa shape index (κ3) is 4.98. The van der Waals surface area contributed by atoms with Crippen molar-refractivity contribution in [1.29, 1.82) is 0 Å². The van der Waals surface area contributed by atoms with Gasteiger partial charge in [0, 0.05) is 23.0 Å². The predicted molar refractivity (Wildman–Crippen MR) is 127 cm³/mol. The maximum absolute atomic E-state index is 12.9. The fraction of sp³-hybridized carbons (Fsp3) is 0.375. The number of hydrogen-bond donors (Lipinski definition) is 0. The third-order valence-electron chi connectivity index (χ3n) is 5.99. The highest BCUT2D eigenvalue weighted by Gasteiger charge is 2.27. The fourth-order valence-electron chi connectivity index (χ4n) is 4.27. The maximum Gasteiger partial charge on any atom is 0.346 e. The number of nitrogens with zero attached hydrogens (tertiary/aromatic N) is 4. The molecule has 8 heteroatoms. The summed E-state index contributed by atoms with van der Waals surface area (Å²) in [4.78, 5) is 27.7. The Kier molecular flexibility index (Phi) is 7.13. The molecule has 2 heterocycles. The van der Waals surface area contributed by atoms with E-state index in [1.165, 1.54) is 0 Å². The van der Waals surface area contributed by atoms with Crippen LogP contribution < -0.4 is 5.69 Å². The Morgan fingerprint density at radius 2 is 1.81 bits per heavy atom. The number of ketones is 1. The monoisotopic (exact) mass is 472 g/mol. The second-order valence-electron chi connectivity index (χ2n) is 8.13. The lowest BCUT2D eigenvalue weighted by Gasteiger charge is -2.31. The molecule has 1 aliphatic rings. The van der Waals surface area contributed by atoms with Crippen molar-refractivity contribution < 1.29 is 4.79 Å². The van der Waals surface area contributed by atoms with Crippen LogP contribution in [0.5, 0.6) is 0 Å². The van der Waals surface area contributed by atoms with Crippen molar-refractivity contribution in [2.45, 2.75) is 38.8 Å². The smallest absolute Gasteiger partial charge is 0.296 e. The lowest BCUT2D eigenvalue weighted by molar-refractivity contribution is 0.0908. The Balaban J connectivity index is 1.42. The normalized spacial score (nSPS) is 15.2. The van der Waals surface area contributed by atoms with E-state index in [-0.39, 0.29) is 17.4 Å². The van der Waals surface area contributed by atoms with E-state index in [9.17, 15) is 9.59 Å². The van der Waals surface area contributed by atoms with Crippen LogP contribution in [0.4, 0.5) is 0 Å². The summed E-state index contributed by atoms with van der Waals surface area (Å²) in [5.74, 6) is 1.04. The number of carbonyl (C=O) groups is 1. The molecule has 1 fully saturated rings. The minimum absolute atomic E-state index is 0.0114. The van der Waals surface area contributed by atoms with E-state index < -0.39 is 0 Å². The number of rotatable bonds is 7. The van der Waals surface area contributed by atoms with Gasteiger partial charge in [-0.3, -0.25) is 14.3 Å². The van der Waals surface area contributed by atoms with Crippen LogP contribution in [-0.2, 0) is 13.1 Å². The Labute approximate surface area is 197 Å². The lowest BCUT2D eigenvalue weighted by atomic mass is 9.95. The third-order valence-corrected chi connectivity index (χ3v) is 6.54. The summed E-state index contributed by atoms with van der Waals surface area (Å²) in [6.07, 6.45) is 1.70. The molecular weight excluding hydrogens is 447 g/mol. The lowest BCUT2D eigenvalue weighted by Crippen LogP contribution is -2.37. The molecule has 1 aliphatic heterocycles. The van der Waals surface area contributed by atoms with Gasteiger partial charge in [0.2, 0.25) is 0 Å². The number of carbonyl (C=O) groups excluding carboxylic acids is 1. The van der Waals surface area contributed by atoms with Gasteiger partial charge in [0.15, 0.2) is 5.78 Å². The summed E-state index contributed by atoms with van der Waals surface area (Å²) >= 11 is 12.1. The van der Waals surface area contributed by atoms with Crippen molar-refractivity contribution in [2.75, 3.05) is 19.6 Å². The van der Waals surface area contributed by atoms with Gasteiger partial charge in [-0.05, 0) is 56.6 Å². The second kappa shape index (κ2) is 10.0. The average molecular weight is 473 g/mol. The molecule has 4 rings (SSSR count). The number of benzene rings is 2. The molecule has 0 unspecified atom stereocenters. The van der Waals surface area contributed by atoms with Crippen LogP contribution in [0.25, 0.3) is 0 Å². The zero-order valence-electron chi connectivity index (χ0n) is 18.0. The predicted octanol–water partition coefficient (Wildman–Crippen LogP) is 4.48. The van der Waals surface area contributed by atoms with Gasteiger partial charge in [-0.1, -0.05) is 53.5 Å². The summed E-state index contributed by atoms with van der Waals surface area (Å²) in [5, 5.41) is 5.60. The molecule has 0 amide bonds. The summed E-state index contributed by atoms with van der Waals surface area (Å²) in [6, 6.07) is 14.8. The first-order valence-electron chi connectivity index (χ1n) is 10.9. The quantitative estimate of drug-likeness (QED) is 0.475. The SMILES string of the molecule is CCn1c(C2CCN(CC(=O)c3ccc(Cl)cc3Cl)CC2)nn(Cc2ccccc2)c1=O. The van der Waals surface area contributed by atoms with E-state index in [4.69, 9.17) is 28.3 Å². The van der Waals surface area contributed by atoms with Crippen molar-refractivity contribution in [3.05, 3.63) is 86.0 Å². The Hall–Kier alpha value is -2.41. The molecule has 0 radical (unpaired) electrons. The van der Waals surface area contributed by atoms with Gasteiger partial charge >= 0.3 is 5.69 Å². The van der Waals surface area contributed by atoms with Gasteiger partial charge in [0.05, 0.1) is 18.1 Å². The molecule has 2 aromatic carbocycles. The number of Topliss-reactive ketones (excluding diaryl/α,β-unsaturated/α-hetero) is 1. The first-order chi connectivity index (χ1) is 15.5. The first-order valence-corrected chi connectivity index (χ1v) is 11.6. The molecule has 1 saturated heterocycles. The highest BCUT2D eigenvalue weighted by Crippen LogP contribution is 2.27. The van der Waals surface area contributed by atoms with E-state index >= 15 is 0 Å². The average Bonchev–Trinajstić information content (AvgIpc) is 3.10. The zero-order chi connectivity index (χ0) is 22.7. The second-order valence-corrected chi connectivity index (χ2v) is 8.97. The summed E-state index contributed by atoms with van der Waals surface area (Å²) in [6.45, 7) is 4.89. The van der Waals surface area contributed by atoms with Gasteiger partial charge in [0.1, 0.15) is 5.82 Å². The molecule has 6 nitrogen and oxygen atoms in total. The number of piperidine rings is 1. The molecule has 1 aromatic heterocycles. The highest BCUT2D eigenvalue weighted by molar-refractivity contribution is 6.36. The van der Waals surface area contributed by atoms with E-state index in [1.807, 2.05) is 37.3 Å². The molecule has 0 spiro atoms. The van der Waals surface area contributed by atoms with Gasteiger partial charge in [-0.2, -0.15) is 5.10 Å². The van der Waals surface area contributed by atoms with Crippen molar-refractivity contribution in [2.24, 2.45) is 0 Å². The molecular formula is C24H26Cl2N4O2. The minimum atomic E-state index is -0.0682. The molecule has 0 saturated carbocycles. The Bertz CT molecular complexity index is 1150. The van der Waals surface area contributed by atoms with E-state index in [1.54, 1.807) is 27.4 Å². The van der Waals surface area contributed by atoms with Crippen LogP contribution in [0.15, 0.2) is 53.3 Å². The van der Waals surface area contributed by atoms with Crippen LogP contribution >= 0.6 is 23.2 Å². The van der Waals surface area contributed by atoms with Crippen LogP contribution in [0.2, 0.25) is 10.0 Å². The Morgan fingerprint density at radius 1 is 1.09 bits per heavy atom. The van der Waals surface area contributed by atoms with Gasteiger partial charge in [-0.15, -0.1) is 0 Å². The molecule has 168 valence electrons. The van der Waals surface area contributed by atoms with E-state index in [0.717, 1.165) is 37.3 Å². The van der Waals surface area contributed by atoms with E-state index in [2.05, 4.69) is 4.90 Å². The van der Waals surface area contributed by atoms with Crippen LogP contribution in [-0.4, -0.2) is 44.7 Å². The maximum atomic E-state index is 12.9. The zero-order valence-corrected chi connectivity index (χ0v) is 19.5. The minimum Gasteiger partial charge on any atom is -0.296 e. The highest BCUT2D eigenvalue weighted by atomic mass is 35.5. The standard InChI is InChI=1S/C24H26Cl2N4O2/c1-2-29-23(27-30(24(29)32)15-17-6-4-3-5-7-17)18-10-12-28(13-11-18)16-22(31)20-9-8-19(25)14-21(20)26/h3-9,14,18H,2,10-13,15-16H2,1H3. The van der Waals surface area contributed by atoms with E-state index in [0.29, 0.717) is 35.2 Å². The summed E-state index contributed by atoms with van der Waals surface area (Å²) in [5.41, 5.74) is 1.48. The van der Waals surface area contributed by atoms with Crippen LogP contribution in [0, 0.1) is 0 Å².